The summed E-state index contributed by atoms with van der Waals surface area (Å²) in [5, 5.41) is 0. The molecule has 66 valence electrons. The van der Waals surface area contributed by atoms with E-state index in [9.17, 15) is 9.59 Å². The topological polar surface area (TPSA) is 37.4 Å². The number of likely N-dealkylation sites (tertiary alicyclic amines) is 1. The van der Waals surface area contributed by atoms with Crippen LogP contribution in [0.5, 0.6) is 0 Å². The molecule has 0 aromatic carbocycles. The van der Waals surface area contributed by atoms with Gasteiger partial charge in [0.1, 0.15) is 0 Å². The second-order valence-corrected chi connectivity index (χ2v) is 2.88. The summed E-state index contributed by atoms with van der Waals surface area (Å²) in [7, 11) is 0. The van der Waals surface area contributed by atoms with Gasteiger partial charge in [0, 0.05) is 19.9 Å². The van der Waals surface area contributed by atoms with Crippen molar-refractivity contribution in [2.75, 3.05) is 6.54 Å². The molecule has 3 heteroatoms. The van der Waals surface area contributed by atoms with Crippen molar-refractivity contribution in [3.05, 3.63) is 11.8 Å². The Morgan fingerprint density at radius 3 is 2.58 bits per heavy atom. The minimum atomic E-state index is -0.0345. The molecule has 0 aromatic heterocycles. The average molecular weight is 167 g/mol. The van der Waals surface area contributed by atoms with Crippen LogP contribution < -0.4 is 0 Å². The zero-order valence-corrected chi connectivity index (χ0v) is 7.46. The molecule has 1 fully saturated rings. The number of hydrogen-bond donors (Lipinski definition) is 0. The maximum atomic E-state index is 11.2. The molecule has 0 spiro atoms. The van der Waals surface area contributed by atoms with E-state index in [1.165, 1.54) is 6.92 Å². The molecule has 0 N–H and O–H groups in total. The Kier molecular flexibility index (Phi) is 2.63. The molecule has 0 aliphatic carbocycles. The second-order valence-electron chi connectivity index (χ2n) is 2.88. The van der Waals surface area contributed by atoms with Crippen LogP contribution in [-0.4, -0.2) is 23.1 Å². The molecular formula is C9H13NO2. The molecule has 12 heavy (non-hydrogen) atoms. The van der Waals surface area contributed by atoms with E-state index in [0.717, 1.165) is 6.42 Å². The van der Waals surface area contributed by atoms with Gasteiger partial charge in [-0.1, -0.05) is 6.08 Å². The third kappa shape index (κ3) is 1.55. The first-order chi connectivity index (χ1) is 5.66. The van der Waals surface area contributed by atoms with Gasteiger partial charge in [0.15, 0.2) is 5.78 Å². The molecule has 0 unspecified atom stereocenters. The molecule has 0 radical (unpaired) electrons. The minimum Gasteiger partial charge on any atom is -0.309 e. The highest BCUT2D eigenvalue weighted by atomic mass is 16.2. The quantitative estimate of drug-likeness (QED) is 0.577. The summed E-state index contributed by atoms with van der Waals surface area (Å²) in [6, 6.07) is 0. The molecular weight excluding hydrogens is 154 g/mol. The lowest BCUT2D eigenvalue weighted by molar-refractivity contribution is -0.128. The highest BCUT2D eigenvalue weighted by molar-refractivity contribution is 5.97. The standard InChI is InChI=1S/C9H13NO2/c1-3-8(7(2)11)10-6-4-5-9(10)12/h3H,4-6H2,1-2H3/b8-3-. The molecule has 1 aliphatic heterocycles. The van der Waals surface area contributed by atoms with Crippen molar-refractivity contribution in [2.45, 2.75) is 26.7 Å². The molecule has 0 aromatic rings. The van der Waals surface area contributed by atoms with Crippen LogP contribution in [0.2, 0.25) is 0 Å². The second kappa shape index (κ2) is 3.52. The van der Waals surface area contributed by atoms with Gasteiger partial charge < -0.3 is 4.90 Å². The monoisotopic (exact) mass is 167 g/mol. The Bertz CT molecular complexity index is 243. The Morgan fingerprint density at radius 2 is 2.25 bits per heavy atom. The van der Waals surface area contributed by atoms with Crippen LogP contribution in [0.4, 0.5) is 0 Å². The molecule has 1 aliphatic rings. The van der Waals surface area contributed by atoms with Gasteiger partial charge in [0.05, 0.1) is 5.70 Å². The first-order valence-corrected chi connectivity index (χ1v) is 4.14. The zero-order valence-electron chi connectivity index (χ0n) is 7.46. The summed E-state index contributed by atoms with van der Waals surface area (Å²) in [4.78, 5) is 23.8. The lowest BCUT2D eigenvalue weighted by atomic mass is 10.3. The van der Waals surface area contributed by atoms with Crippen molar-refractivity contribution >= 4 is 11.7 Å². The average Bonchev–Trinajstić information content (AvgIpc) is 2.38. The fourth-order valence-electron chi connectivity index (χ4n) is 1.45. The predicted octanol–water partition coefficient (Wildman–Crippen LogP) is 1.10. The number of ketones is 1. The van der Waals surface area contributed by atoms with Crippen LogP contribution in [-0.2, 0) is 9.59 Å². The van der Waals surface area contributed by atoms with Crippen molar-refractivity contribution in [1.29, 1.82) is 0 Å². The summed E-state index contributed by atoms with van der Waals surface area (Å²) in [5.41, 5.74) is 0.539. The highest BCUT2D eigenvalue weighted by Crippen LogP contribution is 2.16. The van der Waals surface area contributed by atoms with E-state index in [-0.39, 0.29) is 11.7 Å². The molecule has 0 atom stereocenters. The fraction of sp³-hybridized carbons (Fsp3) is 0.556. The SMILES string of the molecule is C/C=C(/C(C)=O)N1CCCC1=O. The van der Waals surface area contributed by atoms with Crippen molar-refractivity contribution in [3.8, 4) is 0 Å². The van der Waals surface area contributed by atoms with Crippen molar-refractivity contribution < 1.29 is 9.59 Å². The van der Waals surface area contributed by atoms with Gasteiger partial charge in [0.2, 0.25) is 5.91 Å². The number of amides is 1. The number of allylic oxidation sites excluding steroid dienone is 2. The Labute approximate surface area is 72.0 Å². The normalized spacial score (nSPS) is 18.7. The van der Waals surface area contributed by atoms with Crippen LogP contribution >= 0.6 is 0 Å². The lowest BCUT2D eigenvalue weighted by Crippen LogP contribution is -2.27. The van der Waals surface area contributed by atoms with E-state index < -0.39 is 0 Å². The maximum Gasteiger partial charge on any atom is 0.227 e. The lowest BCUT2D eigenvalue weighted by Gasteiger charge is -2.16. The number of Topliss-reactive ketones (excluding diaryl/α,β-unsaturated/α-hetero) is 1. The van der Waals surface area contributed by atoms with Gasteiger partial charge in [-0.3, -0.25) is 9.59 Å². The first kappa shape index (κ1) is 8.97. The van der Waals surface area contributed by atoms with Crippen LogP contribution in [0.1, 0.15) is 26.7 Å². The van der Waals surface area contributed by atoms with Gasteiger partial charge in [-0.05, 0) is 13.3 Å². The third-order valence-electron chi connectivity index (χ3n) is 2.00. The van der Waals surface area contributed by atoms with Crippen LogP contribution in [0.15, 0.2) is 11.8 Å². The van der Waals surface area contributed by atoms with Gasteiger partial charge in [-0.2, -0.15) is 0 Å². The summed E-state index contributed by atoms with van der Waals surface area (Å²) in [6.07, 6.45) is 3.14. The van der Waals surface area contributed by atoms with Crippen molar-refractivity contribution in [2.24, 2.45) is 0 Å². The summed E-state index contributed by atoms with van der Waals surface area (Å²) >= 11 is 0. The molecule has 1 saturated heterocycles. The number of carbonyl (C=O) groups is 2. The Morgan fingerprint density at radius 1 is 1.58 bits per heavy atom. The van der Waals surface area contributed by atoms with Gasteiger partial charge in [-0.25, -0.2) is 0 Å². The van der Waals surface area contributed by atoms with E-state index in [4.69, 9.17) is 0 Å². The van der Waals surface area contributed by atoms with Crippen LogP contribution in [0.25, 0.3) is 0 Å². The number of rotatable bonds is 2. The first-order valence-electron chi connectivity index (χ1n) is 4.14. The summed E-state index contributed by atoms with van der Waals surface area (Å²) in [5.74, 6) is 0.0334. The Hall–Kier alpha value is -1.12. The van der Waals surface area contributed by atoms with Gasteiger partial charge in [-0.15, -0.1) is 0 Å². The van der Waals surface area contributed by atoms with Crippen molar-refractivity contribution in [3.63, 3.8) is 0 Å². The number of nitrogens with zero attached hydrogens (tertiary/aromatic N) is 1. The van der Waals surface area contributed by atoms with E-state index in [1.54, 1.807) is 17.9 Å². The maximum absolute atomic E-state index is 11.2. The molecule has 3 nitrogen and oxygen atoms in total. The fourth-order valence-corrected chi connectivity index (χ4v) is 1.45. The number of hydrogen-bond acceptors (Lipinski definition) is 2. The summed E-state index contributed by atoms with van der Waals surface area (Å²) in [6.45, 7) is 3.96. The van der Waals surface area contributed by atoms with E-state index in [2.05, 4.69) is 0 Å². The van der Waals surface area contributed by atoms with Crippen LogP contribution in [0.3, 0.4) is 0 Å². The van der Waals surface area contributed by atoms with Crippen LogP contribution in [0, 0.1) is 0 Å². The molecule has 0 bridgehead atoms. The zero-order chi connectivity index (χ0) is 9.14. The Balaban J connectivity index is 2.80. The van der Waals surface area contributed by atoms with Gasteiger partial charge in [0.25, 0.3) is 0 Å². The van der Waals surface area contributed by atoms with E-state index >= 15 is 0 Å². The largest absolute Gasteiger partial charge is 0.309 e. The summed E-state index contributed by atoms with van der Waals surface area (Å²) < 4.78 is 0. The van der Waals surface area contributed by atoms with Gasteiger partial charge >= 0.3 is 0 Å². The molecule has 1 heterocycles. The third-order valence-corrected chi connectivity index (χ3v) is 2.00. The van der Waals surface area contributed by atoms with Crippen molar-refractivity contribution in [1.82, 2.24) is 4.90 Å². The molecule has 0 saturated carbocycles. The molecule has 1 amide bonds. The molecule has 1 rings (SSSR count). The van der Waals surface area contributed by atoms with E-state index in [1.807, 2.05) is 0 Å². The smallest absolute Gasteiger partial charge is 0.227 e. The minimum absolute atomic E-state index is 0.0345. The number of carbonyl (C=O) groups excluding carboxylic acids is 2. The predicted molar refractivity (Wildman–Crippen MR) is 45.4 cm³/mol. The van der Waals surface area contributed by atoms with E-state index in [0.29, 0.717) is 18.7 Å². The highest BCUT2D eigenvalue weighted by Gasteiger charge is 2.24.